The molecule has 4 unspecified atom stereocenters. The van der Waals surface area contributed by atoms with Gasteiger partial charge in [-0.2, -0.15) is 0 Å². The van der Waals surface area contributed by atoms with Crippen LogP contribution < -0.4 is 0 Å². The minimum Gasteiger partial charge on any atom is -0.394 e. The van der Waals surface area contributed by atoms with Crippen LogP contribution in [0.15, 0.2) is 0 Å². The molecule has 1 amide bonds. The minimum absolute atomic E-state index is 0.00560. The van der Waals surface area contributed by atoms with Crippen LogP contribution in [0.25, 0.3) is 0 Å². The molecular weight excluding hydrogens is 218 g/mol. The number of fused-ring (bicyclic) bond motifs is 1. The molecule has 0 bridgehead atoms. The molecule has 1 N–H and O–H groups in total. The molecular formula is C13H21NO3. The highest BCUT2D eigenvalue weighted by Crippen LogP contribution is 2.58. The first-order chi connectivity index (χ1) is 8.20. The topological polar surface area (TPSA) is 49.8 Å². The summed E-state index contributed by atoms with van der Waals surface area (Å²) in [7, 11) is 0. The number of carbonyl (C=O) groups is 1. The number of carbonyl (C=O) groups excluding carboxylic acids is 1. The van der Waals surface area contributed by atoms with E-state index in [1.54, 1.807) is 0 Å². The summed E-state index contributed by atoms with van der Waals surface area (Å²) in [5.41, 5.74) is 0. The van der Waals surface area contributed by atoms with Crippen LogP contribution in [0, 0.1) is 17.8 Å². The summed E-state index contributed by atoms with van der Waals surface area (Å²) in [6.45, 7) is 3.22. The number of amides is 1. The third kappa shape index (κ3) is 1.97. The summed E-state index contributed by atoms with van der Waals surface area (Å²) in [6, 6.07) is 0. The lowest BCUT2D eigenvalue weighted by Gasteiger charge is -2.36. The second kappa shape index (κ2) is 4.25. The lowest BCUT2D eigenvalue weighted by atomic mass is 10.1. The lowest BCUT2D eigenvalue weighted by Crippen LogP contribution is -2.51. The van der Waals surface area contributed by atoms with Crippen molar-refractivity contribution in [2.75, 3.05) is 19.7 Å². The molecule has 1 aliphatic heterocycles. The first-order valence-corrected chi connectivity index (χ1v) is 6.76. The van der Waals surface area contributed by atoms with E-state index in [0.29, 0.717) is 36.8 Å². The molecule has 0 aromatic rings. The number of rotatable bonds is 2. The zero-order valence-electron chi connectivity index (χ0n) is 10.3. The SMILES string of the molecule is CC1CN(C(=O)C2C3CCCC32)CC(CO)O1. The molecule has 3 fully saturated rings. The monoisotopic (exact) mass is 239 g/mol. The summed E-state index contributed by atoms with van der Waals surface area (Å²) in [5, 5.41) is 9.16. The largest absolute Gasteiger partial charge is 0.394 e. The molecule has 2 saturated carbocycles. The average Bonchev–Trinajstić information content (AvgIpc) is 2.80. The van der Waals surface area contributed by atoms with E-state index < -0.39 is 0 Å². The third-order valence-electron chi connectivity index (χ3n) is 4.53. The number of hydrogen-bond donors (Lipinski definition) is 1. The predicted molar refractivity (Wildman–Crippen MR) is 62.3 cm³/mol. The highest BCUT2D eigenvalue weighted by atomic mass is 16.5. The molecule has 3 rings (SSSR count). The van der Waals surface area contributed by atoms with Crippen LogP contribution >= 0.6 is 0 Å². The van der Waals surface area contributed by atoms with Crippen LogP contribution in [0.5, 0.6) is 0 Å². The zero-order valence-corrected chi connectivity index (χ0v) is 10.3. The van der Waals surface area contributed by atoms with Crippen LogP contribution in [-0.2, 0) is 9.53 Å². The number of hydrogen-bond acceptors (Lipinski definition) is 3. The van der Waals surface area contributed by atoms with E-state index in [-0.39, 0.29) is 18.8 Å². The van der Waals surface area contributed by atoms with Gasteiger partial charge in [0.1, 0.15) is 0 Å². The van der Waals surface area contributed by atoms with Crippen molar-refractivity contribution in [3.63, 3.8) is 0 Å². The fraction of sp³-hybridized carbons (Fsp3) is 0.923. The standard InChI is InChI=1S/C13H21NO3/c1-8-5-14(6-9(7-15)17-8)13(16)12-10-3-2-4-11(10)12/h8-12,15H,2-7H2,1H3. The van der Waals surface area contributed by atoms with Crippen molar-refractivity contribution in [2.45, 2.75) is 38.4 Å². The smallest absolute Gasteiger partial charge is 0.226 e. The van der Waals surface area contributed by atoms with E-state index in [9.17, 15) is 4.79 Å². The van der Waals surface area contributed by atoms with Gasteiger partial charge in [0, 0.05) is 19.0 Å². The van der Waals surface area contributed by atoms with Crippen molar-refractivity contribution < 1.29 is 14.6 Å². The first-order valence-electron chi connectivity index (χ1n) is 6.76. The van der Waals surface area contributed by atoms with Gasteiger partial charge in [-0.1, -0.05) is 6.42 Å². The van der Waals surface area contributed by atoms with E-state index in [4.69, 9.17) is 9.84 Å². The van der Waals surface area contributed by atoms with Crippen LogP contribution in [-0.4, -0.2) is 47.8 Å². The maximum Gasteiger partial charge on any atom is 0.226 e. The van der Waals surface area contributed by atoms with Gasteiger partial charge in [0.15, 0.2) is 0 Å². The van der Waals surface area contributed by atoms with Crippen molar-refractivity contribution in [1.29, 1.82) is 0 Å². The second-order valence-corrected chi connectivity index (χ2v) is 5.78. The molecule has 0 aromatic carbocycles. The fourth-order valence-electron chi connectivity index (χ4n) is 3.72. The Balaban J connectivity index is 1.62. The van der Waals surface area contributed by atoms with E-state index in [1.807, 2.05) is 11.8 Å². The average molecular weight is 239 g/mol. The number of aliphatic hydroxyl groups is 1. The first kappa shape index (κ1) is 11.5. The van der Waals surface area contributed by atoms with Gasteiger partial charge >= 0.3 is 0 Å². The summed E-state index contributed by atoms with van der Waals surface area (Å²) in [4.78, 5) is 14.3. The maximum absolute atomic E-state index is 12.4. The molecule has 1 saturated heterocycles. The second-order valence-electron chi connectivity index (χ2n) is 5.78. The predicted octanol–water partition coefficient (Wildman–Crippen LogP) is 0.641. The summed E-state index contributed by atoms with van der Waals surface area (Å²) in [6.07, 6.45) is 3.64. The Morgan fingerprint density at radius 1 is 1.35 bits per heavy atom. The van der Waals surface area contributed by atoms with Crippen molar-refractivity contribution in [2.24, 2.45) is 17.8 Å². The Labute approximate surface area is 102 Å². The molecule has 4 nitrogen and oxygen atoms in total. The molecule has 96 valence electrons. The van der Waals surface area contributed by atoms with E-state index >= 15 is 0 Å². The molecule has 4 heteroatoms. The van der Waals surface area contributed by atoms with E-state index in [2.05, 4.69) is 0 Å². The van der Waals surface area contributed by atoms with Crippen molar-refractivity contribution in [3.8, 4) is 0 Å². The number of aliphatic hydroxyl groups excluding tert-OH is 1. The normalized spacial score (nSPS) is 44.6. The number of morpholine rings is 1. The molecule has 17 heavy (non-hydrogen) atoms. The van der Waals surface area contributed by atoms with E-state index in [1.165, 1.54) is 19.3 Å². The molecule has 2 aliphatic carbocycles. The van der Waals surface area contributed by atoms with Crippen LogP contribution in [0.2, 0.25) is 0 Å². The highest BCUT2D eigenvalue weighted by Gasteiger charge is 2.57. The quantitative estimate of drug-likeness (QED) is 0.769. The molecule has 1 heterocycles. The van der Waals surface area contributed by atoms with Gasteiger partial charge in [-0.15, -0.1) is 0 Å². The summed E-state index contributed by atoms with van der Waals surface area (Å²) >= 11 is 0. The third-order valence-corrected chi connectivity index (χ3v) is 4.53. The van der Waals surface area contributed by atoms with Crippen LogP contribution in [0.3, 0.4) is 0 Å². The number of ether oxygens (including phenoxy) is 1. The Hall–Kier alpha value is -0.610. The Bertz CT molecular complexity index is 310. The van der Waals surface area contributed by atoms with Gasteiger partial charge in [0.2, 0.25) is 5.91 Å². The Morgan fingerprint density at radius 3 is 2.71 bits per heavy atom. The van der Waals surface area contributed by atoms with Gasteiger partial charge in [0.25, 0.3) is 0 Å². The number of nitrogens with zero attached hydrogens (tertiary/aromatic N) is 1. The van der Waals surface area contributed by atoms with Crippen molar-refractivity contribution >= 4 is 5.91 Å². The maximum atomic E-state index is 12.4. The van der Waals surface area contributed by atoms with Crippen molar-refractivity contribution in [3.05, 3.63) is 0 Å². The summed E-state index contributed by atoms with van der Waals surface area (Å²) < 4.78 is 5.57. The van der Waals surface area contributed by atoms with Gasteiger partial charge in [-0.25, -0.2) is 0 Å². The van der Waals surface area contributed by atoms with Crippen LogP contribution in [0.4, 0.5) is 0 Å². The van der Waals surface area contributed by atoms with Crippen LogP contribution in [0.1, 0.15) is 26.2 Å². The molecule has 0 aromatic heterocycles. The molecule has 4 atom stereocenters. The zero-order chi connectivity index (χ0) is 12.0. The van der Waals surface area contributed by atoms with Gasteiger partial charge in [0.05, 0.1) is 18.8 Å². The minimum atomic E-state index is -0.193. The van der Waals surface area contributed by atoms with Crippen molar-refractivity contribution in [1.82, 2.24) is 4.90 Å². The van der Waals surface area contributed by atoms with E-state index in [0.717, 1.165) is 0 Å². The Morgan fingerprint density at radius 2 is 2.06 bits per heavy atom. The highest BCUT2D eigenvalue weighted by molar-refractivity contribution is 5.82. The Kier molecular flexibility index (Phi) is 2.87. The fourth-order valence-corrected chi connectivity index (χ4v) is 3.72. The lowest BCUT2D eigenvalue weighted by molar-refractivity contribution is -0.149. The molecule has 0 radical (unpaired) electrons. The van der Waals surface area contributed by atoms with Gasteiger partial charge in [-0.3, -0.25) is 4.79 Å². The summed E-state index contributed by atoms with van der Waals surface area (Å²) in [5.74, 6) is 1.96. The molecule has 0 spiro atoms. The van der Waals surface area contributed by atoms with Gasteiger partial charge in [-0.05, 0) is 31.6 Å². The molecule has 3 aliphatic rings. The van der Waals surface area contributed by atoms with Gasteiger partial charge < -0.3 is 14.7 Å².